The number of rotatable bonds is 5. The third-order valence-corrected chi connectivity index (χ3v) is 4.62. The highest BCUT2D eigenvalue weighted by Gasteiger charge is 2.28. The monoisotopic (exact) mass is 346 g/mol. The van der Waals surface area contributed by atoms with Crippen LogP contribution in [0.1, 0.15) is 5.56 Å². The molecule has 0 amide bonds. The SMILES string of the molecule is c1ccc(CNC2CN(c3ccccc3)CCN2c2ncncn2)cc1. The van der Waals surface area contributed by atoms with Crippen LogP contribution < -0.4 is 15.1 Å². The van der Waals surface area contributed by atoms with Gasteiger partial charge in [0.25, 0.3) is 0 Å². The first-order valence-electron chi connectivity index (χ1n) is 8.86. The average Bonchev–Trinajstić information content (AvgIpc) is 2.74. The van der Waals surface area contributed by atoms with E-state index in [-0.39, 0.29) is 6.17 Å². The molecule has 1 atom stereocenters. The molecular formula is C20H22N6. The third-order valence-electron chi connectivity index (χ3n) is 4.62. The van der Waals surface area contributed by atoms with Crippen LogP contribution in [0, 0.1) is 0 Å². The molecule has 0 saturated carbocycles. The summed E-state index contributed by atoms with van der Waals surface area (Å²) in [7, 11) is 0. The van der Waals surface area contributed by atoms with Gasteiger partial charge in [-0.25, -0.2) is 15.0 Å². The van der Waals surface area contributed by atoms with E-state index in [1.807, 2.05) is 6.07 Å². The van der Waals surface area contributed by atoms with E-state index in [1.54, 1.807) is 12.7 Å². The first-order valence-corrected chi connectivity index (χ1v) is 8.86. The van der Waals surface area contributed by atoms with Crippen molar-refractivity contribution in [1.29, 1.82) is 0 Å². The molecular weight excluding hydrogens is 324 g/mol. The quantitative estimate of drug-likeness (QED) is 0.765. The zero-order valence-electron chi connectivity index (χ0n) is 14.6. The van der Waals surface area contributed by atoms with E-state index in [1.165, 1.54) is 11.3 Å². The maximum atomic E-state index is 4.35. The minimum Gasteiger partial charge on any atom is -0.366 e. The van der Waals surface area contributed by atoms with Gasteiger partial charge in [0, 0.05) is 25.3 Å². The van der Waals surface area contributed by atoms with E-state index in [0.29, 0.717) is 0 Å². The van der Waals surface area contributed by atoms with Gasteiger partial charge in [-0.15, -0.1) is 0 Å². The highest BCUT2D eigenvalue weighted by atomic mass is 15.4. The third kappa shape index (κ3) is 3.81. The van der Waals surface area contributed by atoms with Gasteiger partial charge in [0.15, 0.2) is 0 Å². The number of hydrogen-bond donors (Lipinski definition) is 1. The van der Waals surface area contributed by atoms with Crippen LogP contribution in [0.25, 0.3) is 0 Å². The Labute approximate surface area is 153 Å². The van der Waals surface area contributed by atoms with Gasteiger partial charge in [0.1, 0.15) is 18.8 Å². The summed E-state index contributed by atoms with van der Waals surface area (Å²) in [6, 6.07) is 21.0. The fourth-order valence-electron chi connectivity index (χ4n) is 3.28. The molecule has 4 rings (SSSR count). The lowest BCUT2D eigenvalue weighted by Gasteiger charge is -2.42. The van der Waals surface area contributed by atoms with Crippen LogP contribution >= 0.6 is 0 Å². The molecule has 1 N–H and O–H groups in total. The molecule has 0 spiro atoms. The smallest absolute Gasteiger partial charge is 0.229 e. The van der Waals surface area contributed by atoms with E-state index >= 15 is 0 Å². The Kier molecular flexibility index (Phi) is 5.02. The van der Waals surface area contributed by atoms with Crippen LogP contribution in [0.4, 0.5) is 11.6 Å². The summed E-state index contributed by atoms with van der Waals surface area (Å²) in [5.74, 6) is 0.721. The standard InChI is InChI=1S/C20H22N6/c1-3-7-17(8-4-1)13-22-19-14-25(18-9-5-2-6-10-18)11-12-26(19)20-23-15-21-16-24-20/h1-10,15-16,19,22H,11-14H2. The van der Waals surface area contributed by atoms with Gasteiger partial charge in [-0.1, -0.05) is 48.5 Å². The van der Waals surface area contributed by atoms with Crippen molar-refractivity contribution in [2.45, 2.75) is 12.7 Å². The predicted octanol–water partition coefficient (Wildman–Crippen LogP) is 2.31. The second-order valence-electron chi connectivity index (χ2n) is 6.30. The molecule has 2 heterocycles. The largest absolute Gasteiger partial charge is 0.366 e. The lowest BCUT2D eigenvalue weighted by Crippen LogP contribution is -2.59. The Morgan fingerprint density at radius 1 is 0.885 bits per heavy atom. The Hall–Kier alpha value is -2.99. The summed E-state index contributed by atoms with van der Waals surface area (Å²) in [6.07, 6.45) is 3.23. The van der Waals surface area contributed by atoms with Gasteiger partial charge < -0.3 is 9.80 Å². The topological polar surface area (TPSA) is 57.2 Å². The van der Waals surface area contributed by atoms with E-state index in [9.17, 15) is 0 Å². The number of benzene rings is 2. The molecule has 1 aliphatic rings. The summed E-state index contributed by atoms with van der Waals surface area (Å²) < 4.78 is 0. The highest BCUT2D eigenvalue weighted by molar-refractivity contribution is 5.48. The molecule has 2 aromatic carbocycles. The van der Waals surface area contributed by atoms with E-state index in [2.05, 4.69) is 84.7 Å². The maximum Gasteiger partial charge on any atom is 0.229 e. The molecule has 0 radical (unpaired) electrons. The van der Waals surface area contributed by atoms with Crippen LogP contribution in [0.5, 0.6) is 0 Å². The van der Waals surface area contributed by atoms with Crippen molar-refractivity contribution in [3.63, 3.8) is 0 Å². The summed E-state index contributed by atoms with van der Waals surface area (Å²) in [5, 5.41) is 3.67. The molecule has 6 nitrogen and oxygen atoms in total. The van der Waals surface area contributed by atoms with Crippen LogP contribution in [0.2, 0.25) is 0 Å². The fraction of sp³-hybridized carbons (Fsp3) is 0.250. The highest BCUT2D eigenvalue weighted by Crippen LogP contribution is 2.20. The van der Waals surface area contributed by atoms with Gasteiger partial charge in [-0.2, -0.15) is 0 Å². The Balaban J connectivity index is 1.52. The van der Waals surface area contributed by atoms with Gasteiger partial charge in [-0.05, 0) is 17.7 Å². The number of nitrogens with zero attached hydrogens (tertiary/aromatic N) is 5. The predicted molar refractivity (Wildman–Crippen MR) is 103 cm³/mol. The molecule has 26 heavy (non-hydrogen) atoms. The second kappa shape index (κ2) is 7.93. The van der Waals surface area contributed by atoms with Crippen molar-refractivity contribution >= 4 is 11.6 Å². The summed E-state index contributed by atoms with van der Waals surface area (Å²) in [5.41, 5.74) is 2.51. The Morgan fingerprint density at radius 3 is 2.31 bits per heavy atom. The molecule has 0 aliphatic carbocycles. The molecule has 1 unspecified atom stereocenters. The minimum absolute atomic E-state index is 0.117. The molecule has 1 fully saturated rings. The van der Waals surface area contributed by atoms with E-state index < -0.39 is 0 Å². The van der Waals surface area contributed by atoms with Crippen molar-refractivity contribution in [2.24, 2.45) is 0 Å². The number of piperazine rings is 1. The van der Waals surface area contributed by atoms with Crippen molar-refractivity contribution in [1.82, 2.24) is 20.3 Å². The van der Waals surface area contributed by atoms with Gasteiger partial charge >= 0.3 is 0 Å². The van der Waals surface area contributed by atoms with Gasteiger partial charge in [0.05, 0.1) is 6.54 Å². The van der Waals surface area contributed by atoms with Crippen molar-refractivity contribution in [3.05, 3.63) is 78.9 Å². The lowest BCUT2D eigenvalue weighted by atomic mass is 10.2. The van der Waals surface area contributed by atoms with Gasteiger partial charge in [0.2, 0.25) is 5.95 Å². The molecule has 132 valence electrons. The van der Waals surface area contributed by atoms with Crippen molar-refractivity contribution in [2.75, 3.05) is 29.4 Å². The van der Waals surface area contributed by atoms with Gasteiger partial charge in [-0.3, -0.25) is 5.32 Å². The minimum atomic E-state index is 0.117. The Bertz CT molecular complexity index is 796. The molecule has 1 aliphatic heterocycles. The van der Waals surface area contributed by atoms with Crippen molar-refractivity contribution in [3.8, 4) is 0 Å². The molecule has 1 aromatic heterocycles. The number of nitrogens with one attached hydrogen (secondary N) is 1. The summed E-state index contributed by atoms with van der Waals surface area (Å²) in [6.45, 7) is 3.45. The summed E-state index contributed by atoms with van der Waals surface area (Å²) in [4.78, 5) is 17.3. The molecule has 1 saturated heterocycles. The van der Waals surface area contributed by atoms with Crippen LogP contribution in [-0.4, -0.2) is 40.8 Å². The zero-order valence-corrected chi connectivity index (χ0v) is 14.6. The first kappa shape index (κ1) is 16.5. The van der Waals surface area contributed by atoms with Crippen LogP contribution in [0.15, 0.2) is 73.3 Å². The second-order valence-corrected chi connectivity index (χ2v) is 6.30. The number of aromatic nitrogens is 3. The van der Waals surface area contributed by atoms with E-state index in [0.717, 1.165) is 32.1 Å². The molecule has 6 heteroatoms. The zero-order chi connectivity index (χ0) is 17.6. The van der Waals surface area contributed by atoms with Crippen LogP contribution in [0.3, 0.4) is 0 Å². The van der Waals surface area contributed by atoms with Crippen LogP contribution in [-0.2, 0) is 6.54 Å². The maximum absolute atomic E-state index is 4.35. The number of para-hydroxylation sites is 1. The number of hydrogen-bond acceptors (Lipinski definition) is 6. The normalized spacial score (nSPS) is 17.3. The Morgan fingerprint density at radius 2 is 1.58 bits per heavy atom. The average molecular weight is 346 g/mol. The molecule has 3 aromatic rings. The first-order chi connectivity index (χ1) is 12.9. The van der Waals surface area contributed by atoms with Crippen molar-refractivity contribution < 1.29 is 0 Å². The lowest BCUT2D eigenvalue weighted by molar-refractivity contribution is 0.434. The number of anilines is 2. The summed E-state index contributed by atoms with van der Waals surface area (Å²) >= 11 is 0. The molecule has 0 bridgehead atoms. The van der Waals surface area contributed by atoms with E-state index in [4.69, 9.17) is 0 Å². The fourth-order valence-corrected chi connectivity index (χ4v) is 3.28.